The van der Waals surface area contributed by atoms with Crippen LogP contribution in [0.3, 0.4) is 0 Å². The first kappa shape index (κ1) is 19.9. The van der Waals surface area contributed by atoms with Gasteiger partial charge in [-0.2, -0.15) is 13.2 Å². The summed E-state index contributed by atoms with van der Waals surface area (Å²) in [7, 11) is -2.68. The van der Waals surface area contributed by atoms with E-state index < -0.39 is 45.6 Å². The summed E-state index contributed by atoms with van der Waals surface area (Å²) in [5.41, 5.74) is 3.63. The zero-order valence-electron chi connectivity index (χ0n) is 13.8. The van der Waals surface area contributed by atoms with Gasteiger partial charge in [-0.15, -0.1) is 0 Å². The number of nitrogens with one attached hydrogen (secondary N) is 1. The molecule has 26 heavy (non-hydrogen) atoms. The number of anilines is 1. The predicted octanol–water partition coefficient (Wildman–Crippen LogP) is 1.52. The van der Waals surface area contributed by atoms with E-state index in [1.54, 1.807) is 0 Å². The number of amides is 1. The fraction of sp³-hybridized carbons (Fsp3) is 0.429. The first-order chi connectivity index (χ1) is 11.7. The molecule has 1 aliphatic rings. The molecule has 1 atom stereocenters. The lowest BCUT2D eigenvalue weighted by Gasteiger charge is -2.34. The number of nitrogens with zero attached hydrogens (tertiary/aromatic N) is 2. The zero-order valence-corrected chi connectivity index (χ0v) is 14.6. The molecule has 0 radical (unpaired) electrons. The van der Waals surface area contributed by atoms with Crippen LogP contribution >= 0.6 is 0 Å². The van der Waals surface area contributed by atoms with Crippen LogP contribution in [0, 0.1) is 5.82 Å². The van der Waals surface area contributed by atoms with E-state index in [9.17, 15) is 30.8 Å². The van der Waals surface area contributed by atoms with Crippen LogP contribution in [0.25, 0.3) is 0 Å². The van der Waals surface area contributed by atoms with Crippen molar-refractivity contribution in [2.24, 2.45) is 10.7 Å². The maximum absolute atomic E-state index is 14.3. The first-order valence-electron chi connectivity index (χ1n) is 7.22. The quantitative estimate of drug-likeness (QED) is 0.756. The van der Waals surface area contributed by atoms with Gasteiger partial charge in [0.1, 0.15) is 17.8 Å². The average Bonchev–Trinajstić information content (AvgIpc) is 2.44. The number of hydrogen-bond acceptors (Lipinski definition) is 5. The van der Waals surface area contributed by atoms with Crippen molar-refractivity contribution in [3.05, 3.63) is 29.6 Å². The summed E-state index contributed by atoms with van der Waals surface area (Å²) in [6, 6.07) is 3.01. The van der Waals surface area contributed by atoms with E-state index in [1.807, 2.05) is 5.32 Å². The van der Waals surface area contributed by atoms with Crippen molar-refractivity contribution in [1.82, 2.24) is 4.31 Å². The SMILES string of the molecule is CN1C(N)=N[C@](C)(c2cc(NC(=O)CC(F)(F)F)ccc2F)CS1(=O)=O. The molecule has 1 heterocycles. The topological polar surface area (TPSA) is 105 Å². The van der Waals surface area contributed by atoms with Gasteiger partial charge in [-0.3, -0.25) is 4.79 Å². The number of halogens is 4. The number of nitrogens with two attached hydrogens (primary N) is 1. The van der Waals surface area contributed by atoms with Gasteiger partial charge >= 0.3 is 6.18 Å². The van der Waals surface area contributed by atoms with Gasteiger partial charge in [0.15, 0.2) is 0 Å². The number of guanidine groups is 1. The Balaban J connectivity index is 2.40. The van der Waals surface area contributed by atoms with Crippen molar-refractivity contribution in [2.45, 2.75) is 25.1 Å². The second-order valence-corrected chi connectivity index (χ2v) is 8.00. The highest BCUT2D eigenvalue weighted by atomic mass is 32.2. The van der Waals surface area contributed by atoms with Gasteiger partial charge in [-0.1, -0.05) is 0 Å². The monoisotopic (exact) mass is 396 g/mol. The van der Waals surface area contributed by atoms with Crippen LogP contribution in [0.4, 0.5) is 23.2 Å². The lowest BCUT2D eigenvalue weighted by molar-refractivity contribution is -0.150. The van der Waals surface area contributed by atoms with Crippen LogP contribution in [-0.4, -0.2) is 43.6 Å². The molecule has 3 N–H and O–H groups in total. The van der Waals surface area contributed by atoms with Gasteiger partial charge in [0.2, 0.25) is 21.9 Å². The Morgan fingerprint density at radius 2 is 2.04 bits per heavy atom. The Bertz CT molecular complexity index is 869. The molecule has 7 nitrogen and oxygen atoms in total. The van der Waals surface area contributed by atoms with Crippen molar-refractivity contribution in [3.63, 3.8) is 0 Å². The van der Waals surface area contributed by atoms with Crippen LogP contribution in [0.1, 0.15) is 18.9 Å². The van der Waals surface area contributed by atoms with Crippen molar-refractivity contribution in [1.29, 1.82) is 0 Å². The minimum atomic E-state index is -4.69. The van der Waals surface area contributed by atoms with E-state index in [1.165, 1.54) is 14.0 Å². The largest absolute Gasteiger partial charge is 0.397 e. The average molecular weight is 396 g/mol. The van der Waals surface area contributed by atoms with Crippen LogP contribution in [0.2, 0.25) is 0 Å². The van der Waals surface area contributed by atoms with Gasteiger partial charge in [0.25, 0.3) is 0 Å². The second kappa shape index (κ2) is 6.41. The van der Waals surface area contributed by atoms with Crippen LogP contribution < -0.4 is 11.1 Å². The van der Waals surface area contributed by atoms with Crippen molar-refractivity contribution >= 4 is 27.6 Å². The molecule has 0 aromatic heterocycles. The highest BCUT2D eigenvalue weighted by Crippen LogP contribution is 2.34. The molecule has 2 rings (SSSR count). The molecular formula is C14H16F4N4O3S. The lowest BCUT2D eigenvalue weighted by atomic mass is 9.93. The van der Waals surface area contributed by atoms with E-state index in [0.29, 0.717) is 0 Å². The third-order valence-electron chi connectivity index (χ3n) is 3.76. The van der Waals surface area contributed by atoms with Crippen molar-refractivity contribution in [3.8, 4) is 0 Å². The minimum absolute atomic E-state index is 0.123. The molecule has 0 saturated carbocycles. The summed E-state index contributed by atoms with van der Waals surface area (Å²) < 4.78 is 76.1. The standard InChI is InChI=1S/C14H16F4N4O3S/c1-13(7-26(24,25)22(2)12(19)21-13)9-5-8(3-4-10(9)15)20-11(23)6-14(16,17)18/h3-5H,6-7H2,1-2H3,(H2,19,21)(H,20,23)/t13-/m0/s1. The van der Waals surface area contributed by atoms with Gasteiger partial charge in [0.05, 0.1) is 5.75 Å². The summed E-state index contributed by atoms with van der Waals surface area (Å²) in [6.45, 7) is 1.32. The summed E-state index contributed by atoms with van der Waals surface area (Å²) >= 11 is 0. The minimum Gasteiger partial charge on any atom is -0.369 e. The number of carbonyl (C=O) groups is 1. The molecule has 1 aromatic rings. The smallest absolute Gasteiger partial charge is 0.369 e. The van der Waals surface area contributed by atoms with E-state index in [2.05, 4.69) is 4.99 Å². The van der Waals surface area contributed by atoms with Gasteiger partial charge < -0.3 is 11.1 Å². The third kappa shape index (κ3) is 4.23. The number of hydrogen-bond donors (Lipinski definition) is 2. The molecule has 1 aliphatic heterocycles. The van der Waals surface area contributed by atoms with Gasteiger partial charge in [0, 0.05) is 18.3 Å². The summed E-state index contributed by atoms with van der Waals surface area (Å²) in [6.07, 6.45) is -6.40. The Morgan fingerprint density at radius 3 is 2.58 bits per heavy atom. The Labute approximate surface area is 146 Å². The van der Waals surface area contributed by atoms with Crippen LogP contribution in [0.5, 0.6) is 0 Å². The first-order valence-corrected chi connectivity index (χ1v) is 8.83. The molecule has 1 aromatic carbocycles. The maximum atomic E-state index is 14.3. The number of sulfonamides is 1. The second-order valence-electron chi connectivity index (χ2n) is 6.00. The number of rotatable bonds is 3. The van der Waals surface area contributed by atoms with E-state index >= 15 is 0 Å². The molecule has 12 heteroatoms. The molecule has 0 bridgehead atoms. The summed E-state index contributed by atoms with van der Waals surface area (Å²) in [5.74, 6) is -3.13. The fourth-order valence-corrected chi connectivity index (χ4v) is 3.94. The number of aliphatic imine (C=N–C) groups is 1. The highest BCUT2D eigenvalue weighted by molar-refractivity contribution is 7.89. The number of carbonyl (C=O) groups excluding carboxylic acids is 1. The van der Waals surface area contributed by atoms with Crippen LogP contribution in [-0.2, 0) is 20.4 Å². The summed E-state index contributed by atoms with van der Waals surface area (Å²) in [5, 5.41) is 2.00. The third-order valence-corrected chi connectivity index (χ3v) is 5.70. The molecular weight excluding hydrogens is 380 g/mol. The van der Waals surface area contributed by atoms with Crippen molar-refractivity contribution in [2.75, 3.05) is 18.1 Å². The Morgan fingerprint density at radius 1 is 1.42 bits per heavy atom. The van der Waals surface area contributed by atoms with Crippen molar-refractivity contribution < 1.29 is 30.8 Å². The number of benzene rings is 1. The Kier molecular flexibility index (Phi) is 4.92. The normalized spacial score (nSPS) is 22.7. The molecule has 0 spiro atoms. The highest BCUT2D eigenvalue weighted by Gasteiger charge is 2.42. The molecule has 0 aliphatic carbocycles. The van der Waals surface area contributed by atoms with Gasteiger partial charge in [-0.25, -0.2) is 22.1 Å². The summed E-state index contributed by atoms with van der Waals surface area (Å²) in [4.78, 5) is 15.4. The van der Waals surface area contributed by atoms with E-state index in [-0.39, 0.29) is 17.2 Å². The Hall–Kier alpha value is -2.37. The van der Waals surface area contributed by atoms with Crippen LogP contribution in [0.15, 0.2) is 23.2 Å². The van der Waals surface area contributed by atoms with E-state index in [0.717, 1.165) is 22.5 Å². The van der Waals surface area contributed by atoms with E-state index in [4.69, 9.17) is 5.73 Å². The predicted molar refractivity (Wildman–Crippen MR) is 86.2 cm³/mol. The van der Waals surface area contributed by atoms with Gasteiger partial charge in [-0.05, 0) is 25.1 Å². The lowest BCUT2D eigenvalue weighted by Crippen LogP contribution is -2.50. The number of alkyl halides is 3. The maximum Gasteiger partial charge on any atom is 0.397 e. The molecule has 1 amide bonds. The molecule has 0 unspecified atom stereocenters. The zero-order chi connectivity index (χ0) is 19.9. The molecule has 0 saturated heterocycles. The fourth-order valence-electron chi connectivity index (χ4n) is 2.49. The molecule has 0 fully saturated rings. The molecule has 144 valence electrons.